The van der Waals surface area contributed by atoms with E-state index in [-0.39, 0.29) is 29.8 Å². The Bertz CT molecular complexity index is 654. The second-order valence-corrected chi connectivity index (χ2v) is 8.00. The molecule has 0 aromatic heterocycles. The lowest BCUT2D eigenvalue weighted by atomic mass is 10.0. The van der Waals surface area contributed by atoms with Crippen LogP contribution in [0.15, 0.2) is 24.3 Å². The van der Waals surface area contributed by atoms with Crippen molar-refractivity contribution in [2.75, 3.05) is 18.1 Å². The van der Waals surface area contributed by atoms with E-state index in [4.69, 9.17) is 0 Å². The van der Waals surface area contributed by atoms with Crippen molar-refractivity contribution in [3.05, 3.63) is 35.4 Å². The molecule has 0 aliphatic carbocycles. The molecule has 1 fully saturated rings. The summed E-state index contributed by atoms with van der Waals surface area (Å²) in [6, 6.07) is 4.80. The average molecular weight is 349 g/mol. The summed E-state index contributed by atoms with van der Waals surface area (Å²) < 4.78 is 59.9. The van der Waals surface area contributed by atoms with Crippen LogP contribution in [-0.4, -0.2) is 32.4 Å². The molecular formula is C15H18F3NO3S. The molecule has 8 heteroatoms. The number of carbonyl (C=O) groups excluding carboxylic acids is 1. The number of hydrogen-bond donors (Lipinski definition) is 1. The van der Waals surface area contributed by atoms with Crippen molar-refractivity contribution in [3.63, 3.8) is 0 Å². The first kappa shape index (κ1) is 17.8. The molecule has 23 heavy (non-hydrogen) atoms. The van der Waals surface area contributed by atoms with Gasteiger partial charge in [-0.2, -0.15) is 13.2 Å². The highest BCUT2D eigenvalue weighted by Gasteiger charge is 2.30. The summed E-state index contributed by atoms with van der Waals surface area (Å²) in [5, 5.41) is 2.67. The van der Waals surface area contributed by atoms with Crippen molar-refractivity contribution in [3.8, 4) is 0 Å². The van der Waals surface area contributed by atoms with E-state index in [0.29, 0.717) is 24.9 Å². The van der Waals surface area contributed by atoms with E-state index < -0.39 is 21.6 Å². The molecule has 1 aliphatic heterocycles. The standard InChI is InChI=1S/C15H18F3NO3S/c16-15(17,18)13-3-1-11(2-4-13)5-7-19-14(20)9-12-6-8-23(21,22)10-12/h1-4,12H,5-10H2,(H,19,20). The van der Waals surface area contributed by atoms with Crippen LogP contribution < -0.4 is 5.32 Å². The quantitative estimate of drug-likeness (QED) is 0.886. The molecule has 0 bridgehead atoms. The lowest BCUT2D eigenvalue weighted by Gasteiger charge is -2.10. The monoisotopic (exact) mass is 349 g/mol. The molecule has 1 heterocycles. The van der Waals surface area contributed by atoms with Crippen LogP contribution in [0.1, 0.15) is 24.0 Å². The zero-order valence-electron chi connectivity index (χ0n) is 12.4. The molecule has 128 valence electrons. The Morgan fingerprint density at radius 3 is 2.39 bits per heavy atom. The first-order valence-corrected chi connectivity index (χ1v) is 9.11. The maximum atomic E-state index is 12.4. The predicted octanol–water partition coefficient (Wildman–Crippen LogP) is 2.19. The molecule has 1 saturated heterocycles. The van der Waals surface area contributed by atoms with Gasteiger partial charge in [-0.25, -0.2) is 8.42 Å². The molecular weight excluding hydrogens is 331 g/mol. The van der Waals surface area contributed by atoms with Gasteiger partial charge < -0.3 is 5.32 Å². The smallest absolute Gasteiger partial charge is 0.356 e. The lowest BCUT2D eigenvalue weighted by Crippen LogP contribution is -2.27. The van der Waals surface area contributed by atoms with E-state index in [9.17, 15) is 26.4 Å². The molecule has 1 aliphatic rings. The Balaban J connectivity index is 1.73. The molecule has 4 nitrogen and oxygen atoms in total. The van der Waals surface area contributed by atoms with E-state index >= 15 is 0 Å². The molecule has 1 atom stereocenters. The van der Waals surface area contributed by atoms with Crippen LogP contribution in [0.5, 0.6) is 0 Å². The van der Waals surface area contributed by atoms with Crippen LogP contribution in [0.2, 0.25) is 0 Å². The molecule has 0 radical (unpaired) electrons. The molecule has 2 rings (SSSR count). The average Bonchev–Trinajstić information content (AvgIpc) is 2.77. The Labute approximate surface area is 133 Å². The van der Waals surface area contributed by atoms with Crippen LogP contribution in [0, 0.1) is 5.92 Å². The van der Waals surface area contributed by atoms with E-state index in [1.54, 1.807) is 0 Å². The minimum atomic E-state index is -4.35. The Hall–Kier alpha value is -1.57. The van der Waals surface area contributed by atoms with Gasteiger partial charge in [0.2, 0.25) is 5.91 Å². The highest BCUT2D eigenvalue weighted by Crippen LogP contribution is 2.29. The molecule has 0 saturated carbocycles. The zero-order valence-corrected chi connectivity index (χ0v) is 13.2. The summed E-state index contributed by atoms with van der Waals surface area (Å²) in [6.45, 7) is 0.309. The number of carbonyl (C=O) groups is 1. The summed E-state index contributed by atoms with van der Waals surface area (Å²) in [6.07, 6.45) is -3.25. The van der Waals surface area contributed by atoms with Crippen molar-refractivity contribution >= 4 is 15.7 Å². The second-order valence-electron chi connectivity index (χ2n) is 5.77. The van der Waals surface area contributed by atoms with Crippen molar-refractivity contribution in [2.24, 2.45) is 5.92 Å². The normalized spacial score (nSPS) is 20.4. The van der Waals surface area contributed by atoms with E-state index in [2.05, 4.69) is 5.32 Å². The van der Waals surface area contributed by atoms with Crippen LogP contribution in [0.3, 0.4) is 0 Å². The van der Waals surface area contributed by atoms with Crippen molar-refractivity contribution in [2.45, 2.75) is 25.4 Å². The fourth-order valence-electron chi connectivity index (χ4n) is 2.57. The number of benzene rings is 1. The third-order valence-electron chi connectivity index (χ3n) is 3.82. The zero-order chi connectivity index (χ0) is 17.1. The van der Waals surface area contributed by atoms with Gasteiger partial charge in [0, 0.05) is 13.0 Å². The van der Waals surface area contributed by atoms with Gasteiger partial charge in [0.15, 0.2) is 9.84 Å². The number of sulfone groups is 1. The van der Waals surface area contributed by atoms with Crippen LogP contribution >= 0.6 is 0 Å². The Morgan fingerprint density at radius 2 is 1.87 bits per heavy atom. The summed E-state index contributed by atoms with van der Waals surface area (Å²) in [4.78, 5) is 11.7. The molecule has 1 unspecified atom stereocenters. The number of rotatable bonds is 5. The van der Waals surface area contributed by atoms with Gasteiger partial charge in [-0.15, -0.1) is 0 Å². The summed E-state index contributed by atoms with van der Waals surface area (Å²) in [5.41, 5.74) is -0.00512. The lowest BCUT2D eigenvalue weighted by molar-refractivity contribution is -0.137. The fraction of sp³-hybridized carbons (Fsp3) is 0.533. The van der Waals surface area contributed by atoms with E-state index in [1.165, 1.54) is 12.1 Å². The van der Waals surface area contributed by atoms with Crippen molar-refractivity contribution in [1.82, 2.24) is 5.32 Å². The van der Waals surface area contributed by atoms with Crippen LogP contribution in [-0.2, 0) is 27.2 Å². The number of halogens is 3. The van der Waals surface area contributed by atoms with Crippen LogP contribution in [0.25, 0.3) is 0 Å². The Kier molecular flexibility index (Phi) is 5.33. The first-order chi connectivity index (χ1) is 10.7. The third-order valence-corrected chi connectivity index (χ3v) is 5.65. The Morgan fingerprint density at radius 1 is 1.22 bits per heavy atom. The van der Waals surface area contributed by atoms with Crippen LogP contribution in [0.4, 0.5) is 13.2 Å². The molecule has 1 aromatic carbocycles. The van der Waals surface area contributed by atoms with Gasteiger partial charge in [-0.3, -0.25) is 4.79 Å². The minimum absolute atomic E-state index is 0.0549. The van der Waals surface area contributed by atoms with E-state index in [1.807, 2.05) is 0 Å². The number of amides is 1. The summed E-state index contributed by atoms with van der Waals surface area (Å²) in [7, 11) is -2.99. The van der Waals surface area contributed by atoms with E-state index in [0.717, 1.165) is 12.1 Å². The number of alkyl halides is 3. The largest absolute Gasteiger partial charge is 0.416 e. The third kappa shape index (κ3) is 5.53. The van der Waals surface area contributed by atoms with Gasteiger partial charge in [-0.1, -0.05) is 12.1 Å². The first-order valence-electron chi connectivity index (χ1n) is 7.29. The second kappa shape index (κ2) is 6.90. The van der Waals surface area contributed by atoms with Gasteiger partial charge >= 0.3 is 6.18 Å². The summed E-state index contributed by atoms with van der Waals surface area (Å²) in [5.74, 6) is -0.166. The summed E-state index contributed by atoms with van der Waals surface area (Å²) >= 11 is 0. The highest BCUT2D eigenvalue weighted by atomic mass is 32.2. The number of hydrogen-bond acceptors (Lipinski definition) is 3. The van der Waals surface area contributed by atoms with Gasteiger partial charge in [-0.05, 0) is 36.5 Å². The SMILES string of the molecule is O=C(CC1CCS(=O)(=O)C1)NCCc1ccc(C(F)(F)F)cc1. The minimum Gasteiger partial charge on any atom is -0.356 e. The maximum absolute atomic E-state index is 12.4. The topological polar surface area (TPSA) is 63.2 Å². The van der Waals surface area contributed by atoms with Gasteiger partial charge in [0.25, 0.3) is 0 Å². The highest BCUT2D eigenvalue weighted by molar-refractivity contribution is 7.91. The number of nitrogens with one attached hydrogen (secondary N) is 1. The molecule has 0 spiro atoms. The molecule has 1 amide bonds. The maximum Gasteiger partial charge on any atom is 0.416 e. The predicted molar refractivity (Wildman–Crippen MR) is 79.5 cm³/mol. The van der Waals surface area contributed by atoms with Gasteiger partial charge in [0.1, 0.15) is 0 Å². The van der Waals surface area contributed by atoms with Crippen molar-refractivity contribution < 1.29 is 26.4 Å². The van der Waals surface area contributed by atoms with Crippen molar-refractivity contribution in [1.29, 1.82) is 0 Å². The molecule has 1 aromatic rings. The fourth-order valence-corrected chi connectivity index (χ4v) is 4.44. The van der Waals surface area contributed by atoms with Gasteiger partial charge in [0.05, 0.1) is 17.1 Å². The molecule has 1 N–H and O–H groups in total.